The third kappa shape index (κ3) is 4.28. The standard InChI is InChI=1S/C23H17BrN2O2S/c1-28-20-13-12-17(24)14-16(20)15-21-22(27)26(19-10-6-3-7-11-19)23(29-21)25-18-8-4-2-5-9-18/h2-15H,1H3/b21-15-,25-23?. The average molecular weight is 465 g/mol. The van der Waals surface area contributed by atoms with Gasteiger partial charge in [-0.3, -0.25) is 9.69 Å². The van der Waals surface area contributed by atoms with Gasteiger partial charge in [-0.05, 0) is 60.3 Å². The monoisotopic (exact) mass is 464 g/mol. The molecule has 3 aromatic carbocycles. The summed E-state index contributed by atoms with van der Waals surface area (Å²) in [6.45, 7) is 0. The molecule has 1 fully saturated rings. The van der Waals surface area contributed by atoms with Crippen molar-refractivity contribution in [1.29, 1.82) is 0 Å². The van der Waals surface area contributed by atoms with Crippen molar-refractivity contribution in [3.8, 4) is 5.75 Å². The fourth-order valence-electron chi connectivity index (χ4n) is 2.93. The van der Waals surface area contributed by atoms with E-state index in [2.05, 4.69) is 15.9 Å². The van der Waals surface area contributed by atoms with Gasteiger partial charge < -0.3 is 4.74 Å². The number of para-hydroxylation sites is 2. The Kier molecular flexibility index (Phi) is 5.83. The number of ether oxygens (including phenoxy) is 1. The molecule has 0 aromatic heterocycles. The number of rotatable bonds is 4. The molecule has 1 aliphatic heterocycles. The molecule has 1 saturated heterocycles. The van der Waals surface area contributed by atoms with Crippen LogP contribution in [0.25, 0.3) is 6.08 Å². The highest BCUT2D eigenvalue weighted by atomic mass is 79.9. The van der Waals surface area contributed by atoms with E-state index in [1.54, 1.807) is 12.0 Å². The van der Waals surface area contributed by atoms with Crippen LogP contribution in [0.3, 0.4) is 0 Å². The SMILES string of the molecule is COc1ccc(Br)cc1/C=C1\SC(=Nc2ccccc2)N(c2ccccc2)C1=O. The van der Waals surface area contributed by atoms with Crippen molar-refractivity contribution in [2.75, 3.05) is 12.0 Å². The molecule has 0 saturated carbocycles. The van der Waals surface area contributed by atoms with Gasteiger partial charge in [0.05, 0.1) is 23.4 Å². The lowest BCUT2D eigenvalue weighted by atomic mass is 10.2. The summed E-state index contributed by atoms with van der Waals surface area (Å²) < 4.78 is 6.37. The zero-order chi connectivity index (χ0) is 20.2. The Morgan fingerprint density at radius 3 is 2.38 bits per heavy atom. The largest absolute Gasteiger partial charge is 0.496 e. The third-order valence-corrected chi connectivity index (χ3v) is 5.74. The number of nitrogens with zero attached hydrogens (tertiary/aromatic N) is 2. The van der Waals surface area contributed by atoms with Crippen molar-refractivity contribution in [2.45, 2.75) is 0 Å². The summed E-state index contributed by atoms with van der Waals surface area (Å²) in [7, 11) is 1.62. The number of hydrogen-bond acceptors (Lipinski definition) is 4. The van der Waals surface area contributed by atoms with Gasteiger partial charge in [0.25, 0.3) is 5.91 Å². The smallest absolute Gasteiger partial charge is 0.271 e. The van der Waals surface area contributed by atoms with Crippen LogP contribution in [0.15, 0.2) is 93.2 Å². The highest BCUT2D eigenvalue weighted by Crippen LogP contribution is 2.38. The van der Waals surface area contributed by atoms with E-state index >= 15 is 0 Å². The first-order valence-electron chi connectivity index (χ1n) is 8.92. The molecule has 1 heterocycles. The molecule has 144 valence electrons. The molecular formula is C23H17BrN2O2S. The number of thioether (sulfide) groups is 1. The van der Waals surface area contributed by atoms with Crippen LogP contribution in [0.4, 0.5) is 11.4 Å². The van der Waals surface area contributed by atoms with Crippen molar-refractivity contribution in [2.24, 2.45) is 4.99 Å². The summed E-state index contributed by atoms with van der Waals surface area (Å²) in [5.41, 5.74) is 2.40. The first-order valence-corrected chi connectivity index (χ1v) is 10.5. The molecule has 0 atom stereocenters. The van der Waals surface area contributed by atoms with Gasteiger partial charge in [0.1, 0.15) is 5.75 Å². The highest BCUT2D eigenvalue weighted by Gasteiger charge is 2.34. The van der Waals surface area contributed by atoms with Crippen molar-refractivity contribution in [3.05, 3.63) is 93.8 Å². The number of carbonyl (C=O) groups is 1. The number of amides is 1. The van der Waals surface area contributed by atoms with Crippen molar-refractivity contribution in [1.82, 2.24) is 0 Å². The average Bonchev–Trinajstić information content (AvgIpc) is 3.04. The Morgan fingerprint density at radius 1 is 1.00 bits per heavy atom. The summed E-state index contributed by atoms with van der Waals surface area (Å²) in [5, 5.41) is 0.618. The summed E-state index contributed by atoms with van der Waals surface area (Å²) in [6.07, 6.45) is 1.85. The number of methoxy groups -OCH3 is 1. The van der Waals surface area contributed by atoms with Crippen molar-refractivity contribution >= 4 is 56.2 Å². The molecule has 0 spiro atoms. The second-order valence-corrected chi connectivity index (χ2v) is 8.13. The van der Waals surface area contributed by atoms with Gasteiger partial charge in [-0.25, -0.2) is 4.99 Å². The molecule has 29 heavy (non-hydrogen) atoms. The Labute approximate surface area is 182 Å². The van der Waals surface area contributed by atoms with Crippen LogP contribution in [0.2, 0.25) is 0 Å². The lowest BCUT2D eigenvalue weighted by Crippen LogP contribution is -2.28. The molecule has 0 aliphatic carbocycles. The normalized spacial score (nSPS) is 16.6. The fourth-order valence-corrected chi connectivity index (χ4v) is 4.30. The van der Waals surface area contributed by atoms with Gasteiger partial charge in [0, 0.05) is 10.0 Å². The number of carbonyl (C=O) groups excluding carboxylic acids is 1. The highest BCUT2D eigenvalue weighted by molar-refractivity contribution is 9.10. The number of halogens is 1. The van der Waals surface area contributed by atoms with Gasteiger partial charge in [-0.1, -0.05) is 52.3 Å². The van der Waals surface area contributed by atoms with Gasteiger partial charge in [-0.15, -0.1) is 0 Å². The van der Waals surface area contributed by atoms with E-state index in [-0.39, 0.29) is 5.91 Å². The lowest BCUT2D eigenvalue weighted by Gasteiger charge is -2.15. The maximum Gasteiger partial charge on any atom is 0.271 e. The molecule has 6 heteroatoms. The zero-order valence-corrected chi connectivity index (χ0v) is 18.0. The summed E-state index contributed by atoms with van der Waals surface area (Å²) >= 11 is 4.84. The van der Waals surface area contributed by atoms with Crippen LogP contribution in [-0.2, 0) is 4.79 Å². The molecule has 4 nitrogen and oxygen atoms in total. The minimum absolute atomic E-state index is 0.113. The van der Waals surface area contributed by atoms with Gasteiger partial charge in [0.2, 0.25) is 0 Å². The summed E-state index contributed by atoms with van der Waals surface area (Å²) in [5.74, 6) is 0.590. The van der Waals surface area contributed by atoms with Crippen molar-refractivity contribution < 1.29 is 9.53 Å². The van der Waals surface area contributed by atoms with Crippen LogP contribution in [0.1, 0.15) is 5.56 Å². The molecule has 3 aromatic rings. The third-order valence-electron chi connectivity index (χ3n) is 4.28. The van der Waals surface area contributed by atoms with Crippen LogP contribution in [0.5, 0.6) is 5.75 Å². The Bertz CT molecular complexity index is 1100. The number of amidine groups is 1. The van der Waals surface area contributed by atoms with Crippen LogP contribution in [-0.4, -0.2) is 18.2 Å². The molecular weight excluding hydrogens is 448 g/mol. The molecule has 4 rings (SSSR count). The quantitative estimate of drug-likeness (QED) is 0.427. The maximum atomic E-state index is 13.3. The van der Waals surface area contributed by atoms with E-state index in [4.69, 9.17) is 9.73 Å². The number of benzene rings is 3. The second-order valence-electron chi connectivity index (χ2n) is 6.20. The maximum absolute atomic E-state index is 13.3. The molecule has 0 unspecified atom stereocenters. The molecule has 1 aliphatic rings. The number of hydrogen-bond donors (Lipinski definition) is 0. The van der Waals surface area contributed by atoms with E-state index in [1.807, 2.05) is 84.9 Å². The molecule has 0 radical (unpaired) electrons. The number of anilines is 1. The Balaban J connectivity index is 1.79. The van der Waals surface area contributed by atoms with Crippen LogP contribution >= 0.6 is 27.7 Å². The second kappa shape index (κ2) is 8.68. The minimum Gasteiger partial charge on any atom is -0.496 e. The summed E-state index contributed by atoms with van der Waals surface area (Å²) in [6, 6.07) is 24.9. The zero-order valence-electron chi connectivity index (χ0n) is 15.6. The van der Waals surface area contributed by atoms with E-state index in [9.17, 15) is 4.79 Å². The van der Waals surface area contributed by atoms with E-state index in [0.29, 0.717) is 15.8 Å². The predicted molar refractivity (Wildman–Crippen MR) is 124 cm³/mol. The van der Waals surface area contributed by atoms with Gasteiger partial charge >= 0.3 is 0 Å². The fraction of sp³-hybridized carbons (Fsp3) is 0.0435. The van der Waals surface area contributed by atoms with E-state index in [0.717, 1.165) is 21.4 Å². The first-order chi connectivity index (χ1) is 14.2. The summed E-state index contributed by atoms with van der Waals surface area (Å²) in [4.78, 5) is 20.3. The number of aliphatic imine (C=N–C) groups is 1. The molecule has 1 amide bonds. The van der Waals surface area contributed by atoms with E-state index < -0.39 is 0 Å². The van der Waals surface area contributed by atoms with Crippen LogP contribution < -0.4 is 9.64 Å². The topological polar surface area (TPSA) is 41.9 Å². The minimum atomic E-state index is -0.113. The lowest BCUT2D eigenvalue weighted by molar-refractivity contribution is -0.113. The molecule has 0 N–H and O–H groups in total. The van der Waals surface area contributed by atoms with Crippen LogP contribution in [0, 0.1) is 0 Å². The Hall–Kier alpha value is -2.83. The molecule has 0 bridgehead atoms. The van der Waals surface area contributed by atoms with Gasteiger partial charge in [0.15, 0.2) is 5.17 Å². The predicted octanol–water partition coefficient (Wildman–Crippen LogP) is 6.27. The first kappa shape index (κ1) is 19.5. The van der Waals surface area contributed by atoms with Crippen molar-refractivity contribution in [3.63, 3.8) is 0 Å². The van der Waals surface area contributed by atoms with E-state index in [1.165, 1.54) is 11.8 Å². The Morgan fingerprint density at radius 2 is 1.69 bits per heavy atom. The van der Waals surface area contributed by atoms with Gasteiger partial charge in [-0.2, -0.15) is 0 Å².